The van der Waals surface area contributed by atoms with Crippen LogP contribution in [0.2, 0.25) is 0 Å². The molecule has 0 saturated heterocycles. The number of carbonyl (C=O) groups is 2. The summed E-state index contributed by atoms with van der Waals surface area (Å²) in [6.07, 6.45) is 1.28. The van der Waals surface area contributed by atoms with Crippen LogP contribution in [0.1, 0.15) is 13.8 Å². The number of rotatable bonds is 4. The van der Waals surface area contributed by atoms with Gasteiger partial charge in [-0.2, -0.15) is 0 Å². The molecule has 0 aromatic carbocycles. The Balaban J connectivity index is 2.79. The topological polar surface area (TPSA) is 111 Å². The summed E-state index contributed by atoms with van der Waals surface area (Å²) >= 11 is 0. The molecular formula is C10H13N3O5. The Kier molecular flexibility index (Phi) is 5.01. The van der Waals surface area contributed by atoms with Gasteiger partial charge in [-0.1, -0.05) is 5.11 Å². The molecule has 98 valence electrons. The van der Waals surface area contributed by atoms with Crippen molar-refractivity contribution in [3.8, 4) is 0 Å². The van der Waals surface area contributed by atoms with Gasteiger partial charge in [-0.05, 0) is 11.6 Å². The Labute approximate surface area is 103 Å². The molecule has 0 saturated carbocycles. The highest BCUT2D eigenvalue weighted by atomic mass is 16.6. The summed E-state index contributed by atoms with van der Waals surface area (Å²) in [6.45, 7) is 2.40. The summed E-state index contributed by atoms with van der Waals surface area (Å²) in [4.78, 5) is 24.4. The van der Waals surface area contributed by atoms with Gasteiger partial charge in [-0.25, -0.2) is 0 Å². The van der Waals surface area contributed by atoms with Gasteiger partial charge in [0, 0.05) is 18.8 Å². The summed E-state index contributed by atoms with van der Waals surface area (Å²) < 4.78 is 15.0. The number of azide groups is 1. The maximum absolute atomic E-state index is 11.0. The van der Waals surface area contributed by atoms with Crippen molar-refractivity contribution in [2.45, 2.75) is 32.1 Å². The van der Waals surface area contributed by atoms with Crippen molar-refractivity contribution in [3.63, 3.8) is 0 Å². The monoisotopic (exact) mass is 255 g/mol. The highest BCUT2D eigenvalue weighted by molar-refractivity contribution is 5.66. The SMILES string of the molecule is CC(=O)OC[C@H]1OC=C[C@H](N=[N+]=[N-])[C@@H]1OC(C)=O. The minimum Gasteiger partial charge on any atom is -0.491 e. The molecule has 0 N–H and O–H groups in total. The van der Waals surface area contributed by atoms with Crippen LogP contribution in [0.5, 0.6) is 0 Å². The quantitative estimate of drug-likeness (QED) is 0.323. The molecule has 1 heterocycles. The van der Waals surface area contributed by atoms with Gasteiger partial charge >= 0.3 is 11.9 Å². The lowest BCUT2D eigenvalue weighted by atomic mass is 10.0. The second-order valence-corrected chi connectivity index (χ2v) is 3.58. The normalized spacial score (nSPS) is 25.6. The van der Waals surface area contributed by atoms with Crippen LogP contribution in [0.25, 0.3) is 10.4 Å². The molecular weight excluding hydrogens is 242 g/mol. The largest absolute Gasteiger partial charge is 0.491 e. The van der Waals surface area contributed by atoms with E-state index in [9.17, 15) is 9.59 Å². The zero-order valence-electron chi connectivity index (χ0n) is 9.98. The first-order valence-electron chi connectivity index (χ1n) is 5.21. The minimum absolute atomic E-state index is 0.0882. The van der Waals surface area contributed by atoms with Gasteiger partial charge in [0.05, 0.1) is 12.3 Å². The zero-order chi connectivity index (χ0) is 13.5. The van der Waals surface area contributed by atoms with Crippen LogP contribution < -0.4 is 0 Å². The summed E-state index contributed by atoms with van der Waals surface area (Å²) in [6, 6.07) is -0.687. The van der Waals surface area contributed by atoms with E-state index in [2.05, 4.69) is 10.0 Å². The first-order chi connectivity index (χ1) is 8.54. The van der Waals surface area contributed by atoms with Crippen molar-refractivity contribution < 1.29 is 23.8 Å². The lowest BCUT2D eigenvalue weighted by Crippen LogP contribution is -2.45. The predicted octanol–water partition coefficient (Wildman–Crippen LogP) is 1.07. The van der Waals surface area contributed by atoms with Crippen LogP contribution in [-0.4, -0.2) is 36.8 Å². The van der Waals surface area contributed by atoms with Gasteiger partial charge in [0.1, 0.15) is 6.61 Å². The predicted molar refractivity (Wildman–Crippen MR) is 59.1 cm³/mol. The third kappa shape index (κ3) is 3.99. The third-order valence-electron chi connectivity index (χ3n) is 2.17. The number of esters is 2. The molecule has 3 atom stereocenters. The van der Waals surface area contributed by atoms with Crippen molar-refractivity contribution in [2.75, 3.05) is 6.61 Å². The molecule has 0 fully saturated rings. The number of carbonyl (C=O) groups excluding carboxylic acids is 2. The second kappa shape index (κ2) is 6.51. The molecule has 0 bridgehead atoms. The Hall–Kier alpha value is -2.21. The highest BCUT2D eigenvalue weighted by Crippen LogP contribution is 2.19. The molecule has 8 heteroatoms. The zero-order valence-corrected chi connectivity index (χ0v) is 9.98. The van der Waals surface area contributed by atoms with E-state index in [1.807, 2.05) is 0 Å². The fraction of sp³-hybridized carbons (Fsp3) is 0.600. The molecule has 0 unspecified atom stereocenters. The van der Waals surface area contributed by atoms with Crippen molar-refractivity contribution in [3.05, 3.63) is 22.8 Å². The molecule has 0 aromatic rings. The van der Waals surface area contributed by atoms with Crippen molar-refractivity contribution >= 4 is 11.9 Å². The van der Waals surface area contributed by atoms with Gasteiger partial charge in [0.25, 0.3) is 0 Å². The smallest absolute Gasteiger partial charge is 0.303 e. The van der Waals surface area contributed by atoms with E-state index in [1.165, 1.54) is 26.2 Å². The van der Waals surface area contributed by atoms with Gasteiger partial charge in [0.2, 0.25) is 0 Å². The average Bonchev–Trinajstić information content (AvgIpc) is 2.29. The van der Waals surface area contributed by atoms with Gasteiger partial charge in [-0.3, -0.25) is 9.59 Å². The van der Waals surface area contributed by atoms with E-state index in [0.717, 1.165) is 0 Å². The fourth-order valence-corrected chi connectivity index (χ4v) is 1.47. The van der Waals surface area contributed by atoms with Crippen LogP contribution in [0, 0.1) is 0 Å². The molecule has 8 nitrogen and oxygen atoms in total. The number of ether oxygens (including phenoxy) is 3. The molecule has 0 aromatic heterocycles. The average molecular weight is 255 g/mol. The molecule has 0 spiro atoms. The Morgan fingerprint density at radius 2 is 2.17 bits per heavy atom. The third-order valence-corrected chi connectivity index (χ3v) is 2.17. The van der Waals surface area contributed by atoms with Crippen molar-refractivity contribution in [1.29, 1.82) is 0 Å². The standard InChI is InChI=1S/C10H13N3O5/c1-6(14)17-5-9-10(18-7(2)15)8(12-13-11)3-4-16-9/h3-4,8-10H,5H2,1-2H3/t8-,9+,10-/m0/s1. The van der Waals surface area contributed by atoms with E-state index in [-0.39, 0.29) is 6.61 Å². The lowest BCUT2D eigenvalue weighted by Gasteiger charge is -2.31. The van der Waals surface area contributed by atoms with E-state index in [0.29, 0.717) is 0 Å². The van der Waals surface area contributed by atoms with E-state index in [4.69, 9.17) is 19.7 Å². The van der Waals surface area contributed by atoms with Crippen LogP contribution in [0.4, 0.5) is 0 Å². The first-order valence-corrected chi connectivity index (χ1v) is 5.21. The molecule has 1 rings (SSSR count). The molecule has 0 aliphatic carbocycles. The highest BCUT2D eigenvalue weighted by Gasteiger charge is 2.35. The minimum atomic E-state index is -0.817. The Morgan fingerprint density at radius 3 is 2.72 bits per heavy atom. The van der Waals surface area contributed by atoms with Gasteiger partial charge < -0.3 is 14.2 Å². The van der Waals surface area contributed by atoms with E-state index >= 15 is 0 Å². The summed E-state index contributed by atoms with van der Waals surface area (Å²) in [5.74, 6) is -1.01. The Bertz CT molecular complexity index is 402. The van der Waals surface area contributed by atoms with Crippen LogP contribution in [0.15, 0.2) is 17.5 Å². The lowest BCUT2D eigenvalue weighted by molar-refractivity contribution is -0.160. The number of hydrogen-bond donors (Lipinski definition) is 0. The van der Waals surface area contributed by atoms with Crippen molar-refractivity contribution in [2.24, 2.45) is 5.11 Å². The number of nitrogens with zero attached hydrogens (tertiary/aromatic N) is 3. The Morgan fingerprint density at radius 1 is 1.44 bits per heavy atom. The van der Waals surface area contributed by atoms with Gasteiger partial charge in [-0.15, -0.1) is 0 Å². The molecule has 0 amide bonds. The molecule has 1 aliphatic heterocycles. The van der Waals surface area contributed by atoms with E-state index in [1.54, 1.807) is 0 Å². The van der Waals surface area contributed by atoms with Crippen LogP contribution in [0.3, 0.4) is 0 Å². The summed E-state index contributed by atoms with van der Waals surface area (Å²) in [7, 11) is 0. The van der Waals surface area contributed by atoms with Crippen molar-refractivity contribution in [1.82, 2.24) is 0 Å². The first kappa shape index (κ1) is 13.9. The summed E-state index contributed by atoms with van der Waals surface area (Å²) in [5.41, 5.74) is 8.43. The maximum atomic E-state index is 11.0. The molecule has 18 heavy (non-hydrogen) atoms. The van der Waals surface area contributed by atoms with Gasteiger partial charge in [0.15, 0.2) is 12.2 Å². The van der Waals surface area contributed by atoms with E-state index < -0.39 is 30.2 Å². The molecule has 0 radical (unpaired) electrons. The second-order valence-electron chi connectivity index (χ2n) is 3.58. The maximum Gasteiger partial charge on any atom is 0.303 e. The number of hydrogen-bond acceptors (Lipinski definition) is 6. The summed E-state index contributed by atoms with van der Waals surface area (Å²) in [5, 5.41) is 3.49. The molecule has 1 aliphatic rings. The van der Waals surface area contributed by atoms with Crippen LogP contribution >= 0.6 is 0 Å². The fourth-order valence-electron chi connectivity index (χ4n) is 1.47. The van der Waals surface area contributed by atoms with Crippen LogP contribution in [-0.2, 0) is 23.8 Å².